The van der Waals surface area contributed by atoms with Crippen LogP contribution in [0.25, 0.3) is 17.1 Å². The van der Waals surface area contributed by atoms with Crippen molar-refractivity contribution in [3.8, 4) is 17.1 Å². The van der Waals surface area contributed by atoms with Crippen molar-refractivity contribution in [3.63, 3.8) is 0 Å². The Morgan fingerprint density at radius 2 is 1.87 bits per heavy atom. The van der Waals surface area contributed by atoms with E-state index < -0.39 is 46.6 Å². The molecular formula is C16H11ClF4N6O4. The number of hydrogen-bond donors (Lipinski definition) is 1. The number of rotatable bonds is 4. The third kappa shape index (κ3) is 3.81. The van der Waals surface area contributed by atoms with Crippen LogP contribution in [0.15, 0.2) is 27.8 Å². The van der Waals surface area contributed by atoms with E-state index in [1.807, 2.05) is 0 Å². The highest BCUT2D eigenvalue weighted by molar-refractivity contribution is 6.33. The maximum Gasteiger partial charge on any atom is 0.431 e. The van der Waals surface area contributed by atoms with E-state index in [9.17, 15) is 37.1 Å². The maximum absolute atomic E-state index is 14.6. The lowest BCUT2D eigenvalue weighted by atomic mass is 10.1. The van der Waals surface area contributed by atoms with Crippen LogP contribution in [0.3, 0.4) is 0 Å². The molecule has 0 saturated heterocycles. The van der Waals surface area contributed by atoms with Crippen molar-refractivity contribution in [3.05, 3.63) is 55.6 Å². The summed E-state index contributed by atoms with van der Waals surface area (Å²) in [4.78, 5) is 36.0. The number of carboxylic acids is 1. The summed E-state index contributed by atoms with van der Waals surface area (Å²) >= 11 is 6.02. The number of hydrogen-bond acceptors (Lipinski definition) is 6. The highest BCUT2D eigenvalue weighted by Crippen LogP contribution is 2.31. The van der Waals surface area contributed by atoms with E-state index in [1.165, 1.54) is 6.92 Å². The fourth-order valence-corrected chi connectivity index (χ4v) is 2.97. The molecule has 2 heterocycles. The van der Waals surface area contributed by atoms with Gasteiger partial charge in [-0.3, -0.25) is 9.36 Å². The first kappa shape index (κ1) is 22.1. The smallest absolute Gasteiger partial charge is 0.431 e. The van der Waals surface area contributed by atoms with Gasteiger partial charge in [-0.25, -0.2) is 23.2 Å². The molecule has 0 aliphatic rings. The molecule has 2 aromatic heterocycles. The van der Waals surface area contributed by atoms with Crippen molar-refractivity contribution >= 4 is 17.6 Å². The summed E-state index contributed by atoms with van der Waals surface area (Å²) < 4.78 is 54.9. The zero-order valence-electron chi connectivity index (χ0n) is 15.6. The van der Waals surface area contributed by atoms with Gasteiger partial charge >= 0.3 is 17.8 Å². The van der Waals surface area contributed by atoms with Gasteiger partial charge in [-0.05, 0) is 29.5 Å². The fourth-order valence-electron chi connectivity index (χ4n) is 2.74. The predicted octanol–water partition coefficient (Wildman–Crippen LogP) is 1.65. The van der Waals surface area contributed by atoms with Gasteiger partial charge in [0.1, 0.15) is 11.5 Å². The molecule has 10 nitrogen and oxygen atoms in total. The van der Waals surface area contributed by atoms with Crippen molar-refractivity contribution in [2.45, 2.75) is 19.1 Å². The second-order valence-electron chi connectivity index (χ2n) is 6.29. The molecule has 0 bridgehead atoms. The Labute approximate surface area is 173 Å². The number of alkyl halides is 3. The van der Waals surface area contributed by atoms with E-state index in [2.05, 4.69) is 15.5 Å². The summed E-state index contributed by atoms with van der Waals surface area (Å²) in [6.45, 7) is 1.25. The standard InChI is InChI=1S/C16H11ClF4N6O4/c1-6(14(29)30)27-13(22-23-24-27)7-3-10(9(18)4-8(7)17)26-12(28)5-11(16(19,20)21)25(2)15(26)31/h3-6H,1-2H3,(H,29,30). The SMILES string of the molecule is CC(C(=O)O)n1nnnc1-c1cc(-n2c(=O)cc(C(F)(F)F)n(C)c2=O)c(F)cc1Cl. The molecule has 0 saturated carbocycles. The normalized spacial score (nSPS) is 12.7. The van der Waals surface area contributed by atoms with Crippen molar-refractivity contribution in [2.24, 2.45) is 7.05 Å². The number of carbonyl (C=O) groups is 1. The van der Waals surface area contributed by atoms with E-state index in [-0.39, 0.29) is 31.6 Å². The summed E-state index contributed by atoms with van der Waals surface area (Å²) in [5.74, 6) is -2.74. The average molecular weight is 463 g/mol. The van der Waals surface area contributed by atoms with Crippen LogP contribution in [0.2, 0.25) is 5.02 Å². The Balaban J connectivity index is 2.30. The molecule has 0 fully saturated rings. The largest absolute Gasteiger partial charge is 0.480 e. The number of tetrazole rings is 1. The predicted molar refractivity (Wildman–Crippen MR) is 96.4 cm³/mol. The molecule has 1 unspecified atom stereocenters. The van der Waals surface area contributed by atoms with E-state index in [0.29, 0.717) is 6.07 Å². The van der Waals surface area contributed by atoms with Crippen LogP contribution in [0, 0.1) is 5.82 Å². The van der Waals surface area contributed by atoms with Gasteiger partial charge in [-0.2, -0.15) is 13.2 Å². The summed E-state index contributed by atoms with van der Waals surface area (Å²) in [5, 5.41) is 19.4. The molecule has 3 aromatic rings. The van der Waals surface area contributed by atoms with Crippen LogP contribution in [0.4, 0.5) is 17.6 Å². The Kier molecular flexibility index (Phi) is 5.43. The zero-order chi connectivity index (χ0) is 23.2. The molecule has 1 aromatic carbocycles. The van der Waals surface area contributed by atoms with Gasteiger partial charge < -0.3 is 5.11 Å². The Hall–Kier alpha value is -3.55. The van der Waals surface area contributed by atoms with Crippen LogP contribution in [-0.4, -0.2) is 40.4 Å². The quantitative estimate of drug-likeness (QED) is 0.584. The second-order valence-corrected chi connectivity index (χ2v) is 6.69. The van der Waals surface area contributed by atoms with E-state index in [0.717, 1.165) is 17.8 Å². The van der Waals surface area contributed by atoms with Crippen LogP contribution in [0.1, 0.15) is 18.7 Å². The molecule has 0 radical (unpaired) electrons. The Morgan fingerprint density at radius 3 is 2.45 bits per heavy atom. The Bertz CT molecular complexity index is 1310. The van der Waals surface area contributed by atoms with Gasteiger partial charge in [-0.15, -0.1) is 5.10 Å². The highest BCUT2D eigenvalue weighted by atomic mass is 35.5. The molecule has 31 heavy (non-hydrogen) atoms. The van der Waals surface area contributed by atoms with Crippen molar-refractivity contribution < 1.29 is 27.5 Å². The lowest BCUT2D eigenvalue weighted by molar-refractivity contribution is -0.144. The average Bonchev–Trinajstić information content (AvgIpc) is 3.14. The second kappa shape index (κ2) is 7.61. The van der Waals surface area contributed by atoms with Crippen LogP contribution >= 0.6 is 11.6 Å². The molecule has 3 rings (SSSR count). The summed E-state index contributed by atoms with van der Waals surface area (Å²) in [6.07, 6.45) is -5.00. The fraction of sp³-hybridized carbons (Fsp3) is 0.250. The van der Waals surface area contributed by atoms with Crippen LogP contribution in [0.5, 0.6) is 0 Å². The van der Waals surface area contributed by atoms with Crippen LogP contribution < -0.4 is 11.2 Å². The van der Waals surface area contributed by atoms with Gasteiger partial charge in [0.15, 0.2) is 11.9 Å². The lowest BCUT2D eigenvalue weighted by Crippen LogP contribution is -2.41. The third-order valence-corrected chi connectivity index (χ3v) is 4.66. The molecule has 0 aliphatic heterocycles. The minimum atomic E-state index is -5.00. The van der Waals surface area contributed by atoms with Gasteiger partial charge in [0.2, 0.25) is 0 Å². The van der Waals surface area contributed by atoms with Gasteiger partial charge in [0, 0.05) is 18.7 Å². The minimum Gasteiger partial charge on any atom is -0.480 e. The summed E-state index contributed by atoms with van der Waals surface area (Å²) in [7, 11) is 0.769. The van der Waals surface area contributed by atoms with Crippen molar-refractivity contribution in [2.75, 3.05) is 0 Å². The molecule has 0 aliphatic carbocycles. The number of aliphatic carboxylic acids is 1. The number of aromatic nitrogens is 6. The van der Waals surface area contributed by atoms with E-state index in [1.54, 1.807) is 0 Å². The van der Waals surface area contributed by atoms with Gasteiger partial charge in [0.05, 0.1) is 10.7 Å². The molecule has 1 N–H and O–H groups in total. The number of carboxylic acid groups (broad SMARTS) is 1. The first-order chi connectivity index (χ1) is 14.3. The maximum atomic E-state index is 14.6. The van der Waals surface area contributed by atoms with Gasteiger partial charge in [0.25, 0.3) is 5.56 Å². The minimum absolute atomic E-state index is 0.145. The first-order valence-electron chi connectivity index (χ1n) is 8.25. The number of nitrogens with zero attached hydrogens (tertiary/aromatic N) is 6. The van der Waals surface area contributed by atoms with Gasteiger partial charge in [-0.1, -0.05) is 11.6 Å². The highest BCUT2D eigenvalue weighted by Gasteiger charge is 2.35. The first-order valence-corrected chi connectivity index (χ1v) is 8.63. The zero-order valence-corrected chi connectivity index (χ0v) is 16.3. The summed E-state index contributed by atoms with van der Waals surface area (Å²) in [6, 6.07) is 0.437. The molecule has 15 heteroatoms. The molecule has 0 spiro atoms. The Morgan fingerprint density at radius 1 is 1.23 bits per heavy atom. The molecule has 164 valence electrons. The lowest BCUT2D eigenvalue weighted by Gasteiger charge is -2.15. The van der Waals surface area contributed by atoms with Crippen molar-refractivity contribution in [1.29, 1.82) is 0 Å². The van der Waals surface area contributed by atoms with E-state index >= 15 is 0 Å². The number of halogens is 5. The van der Waals surface area contributed by atoms with E-state index in [4.69, 9.17) is 11.6 Å². The molecule has 0 amide bonds. The van der Waals surface area contributed by atoms with Crippen LogP contribution in [-0.2, 0) is 18.0 Å². The third-order valence-electron chi connectivity index (χ3n) is 4.35. The summed E-state index contributed by atoms with van der Waals surface area (Å²) in [5.41, 5.74) is -5.32. The topological polar surface area (TPSA) is 125 Å². The monoisotopic (exact) mass is 462 g/mol. The molecule has 1 atom stereocenters. The van der Waals surface area contributed by atoms with Crippen molar-refractivity contribution in [1.82, 2.24) is 29.3 Å². The number of benzene rings is 1. The molecular weight excluding hydrogens is 452 g/mol.